The Morgan fingerprint density at radius 1 is 1.19 bits per heavy atom. The molecule has 0 fully saturated rings. The molecule has 110 valence electrons. The van der Waals surface area contributed by atoms with Crippen LogP contribution in [0.2, 0.25) is 0 Å². The molecule has 1 aliphatic carbocycles. The molecule has 0 aliphatic heterocycles. The van der Waals surface area contributed by atoms with Gasteiger partial charge >= 0.3 is 0 Å². The van der Waals surface area contributed by atoms with Crippen molar-refractivity contribution in [2.24, 2.45) is 0 Å². The monoisotopic (exact) mass is 283 g/mol. The van der Waals surface area contributed by atoms with Crippen LogP contribution in [0, 0.1) is 13.8 Å². The quantitative estimate of drug-likeness (QED) is 0.909. The van der Waals surface area contributed by atoms with Crippen LogP contribution in [0.15, 0.2) is 30.3 Å². The number of nitrogens with one attached hydrogen (secondary N) is 1. The summed E-state index contributed by atoms with van der Waals surface area (Å²) in [5, 5.41) is 14.2. The fourth-order valence-electron chi connectivity index (χ4n) is 3.11. The summed E-state index contributed by atoms with van der Waals surface area (Å²) >= 11 is 0. The van der Waals surface area contributed by atoms with Gasteiger partial charge in [-0.3, -0.25) is 0 Å². The van der Waals surface area contributed by atoms with Gasteiger partial charge in [0.05, 0.1) is 6.54 Å². The maximum atomic E-state index is 11.0. The maximum absolute atomic E-state index is 11.0. The van der Waals surface area contributed by atoms with Crippen molar-refractivity contribution in [3.05, 3.63) is 52.8 Å². The molecule has 3 rings (SSSR count). The first-order chi connectivity index (χ1) is 10.1. The molecule has 0 spiro atoms. The minimum Gasteiger partial charge on any atom is -0.383 e. The maximum Gasteiger partial charge on any atom is 0.223 e. The number of aryl methyl sites for hydroxylation is 3. The molecule has 4 heteroatoms. The summed E-state index contributed by atoms with van der Waals surface area (Å²) in [4.78, 5) is 8.74. The minimum absolute atomic E-state index is 0.437. The van der Waals surface area contributed by atoms with E-state index in [0.717, 1.165) is 36.2 Å². The Balaban J connectivity index is 1.81. The van der Waals surface area contributed by atoms with E-state index in [1.165, 1.54) is 5.56 Å². The Kier molecular flexibility index (Phi) is 3.64. The third kappa shape index (κ3) is 2.90. The molecule has 1 aliphatic rings. The molecule has 0 radical (unpaired) electrons. The number of aliphatic hydroxyl groups is 1. The number of hydrogen-bond donors (Lipinski definition) is 2. The van der Waals surface area contributed by atoms with Gasteiger partial charge in [0.15, 0.2) is 0 Å². The van der Waals surface area contributed by atoms with Crippen molar-refractivity contribution in [3.8, 4) is 0 Å². The van der Waals surface area contributed by atoms with E-state index in [1.54, 1.807) is 0 Å². The van der Waals surface area contributed by atoms with E-state index in [2.05, 4.69) is 21.4 Å². The first-order valence-corrected chi connectivity index (χ1v) is 7.44. The number of aromatic nitrogens is 2. The van der Waals surface area contributed by atoms with Crippen LogP contribution in [0.5, 0.6) is 0 Å². The van der Waals surface area contributed by atoms with Gasteiger partial charge in [-0.1, -0.05) is 24.3 Å². The lowest BCUT2D eigenvalue weighted by atomic mass is 9.79. The van der Waals surface area contributed by atoms with Crippen LogP contribution in [0.3, 0.4) is 0 Å². The lowest BCUT2D eigenvalue weighted by molar-refractivity contribution is 0.0321. The van der Waals surface area contributed by atoms with Crippen molar-refractivity contribution >= 4 is 5.95 Å². The van der Waals surface area contributed by atoms with Gasteiger partial charge in [-0.05, 0) is 50.3 Å². The van der Waals surface area contributed by atoms with E-state index >= 15 is 0 Å². The van der Waals surface area contributed by atoms with Crippen molar-refractivity contribution in [3.63, 3.8) is 0 Å². The van der Waals surface area contributed by atoms with Crippen LogP contribution in [0.25, 0.3) is 0 Å². The molecule has 1 aromatic carbocycles. The first kappa shape index (κ1) is 14.0. The fraction of sp³-hybridized carbons (Fsp3) is 0.412. The molecule has 1 unspecified atom stereocenters. The molecule has 4 nitrogen and oxygen atoms in total. The Hall–Kier alpha value is -1.94. The predicted molar refractivity (Wildman–Crippen MR) is 83.3 cm³/mol. The van der Waals surface area contributed by atoms with Crippen LogP contribution < -0.4 is 5.32 Å². The molecule has 0 amide bonds. The molecule has 0 saturated heterocycles. The van der Waals surface area contributed by atoms with Crippen molar-refractivity contribution < 1.29 is 5.11 Å². The summed E-state index contributed by atoms with van der Waals surface area (Å²) in [7, 11) is 0. The molecular formula is C17H21N3O. The highest BCUT2D eigenvalue weighted by molar-refractivity contribution is 5.37. The Labute approximate surface area is 125 Å². The fourth-order valence-corrected chi connectivity index (χ4v) is 3.11. The van der Waals surface area contributed by atoms with Gasteiger partial charge in [0.1, 0.15) is 5.60 Å². The van der Waals surface area contributed by atoms with E-state index < -0.39 is 5.60 Å². The molecule has 2 aromatic rings. The van der Waals surface area contributed by atoms with Crippen LogP contribution in [-0.4, -0.2) is 21.6 Å². The summed E-state index contributed by atoms with van der Waals surface area (Å²) in [6.07, 6.45) is 2.81. The van der Waals surface area contributed by atoms with E-state index in [4.69, 9.17) is 0 Å². The van der Waals surface area contributed by atoms with Crippen LogP contribution in [0.4, 0.5) is 5.95 Å². The zero-order valence-electron chi connectivity index (χ0n) is 12.6. The van der Waals surface area contributed by atoms with Gasteiger partial charge in [0, 0.05) is 11.4 Å². The Morgan fingerprint density at radius 3 is 2.67 bits per heavy atom. The molecule has 0 saturated carbocycles. The highest BCUT2D eigenvalue weighted by Gasteiger charge is 2.34. The number of rotatable bonds is 3. The van der Waals surface area contributed by atoms with E-state index in [9.17, 15) is 5.11 Å². The number of hydrogen-bond acceptors (Lipinski definition) is 4. The standard InChI is InChI=1S/C17H21N3O/c1-12-10-13(2)20-16(19-12)18-11-17(21)9-5-7-14-6-3-4-8-15(14)17/h3-4,6,8,10,21H,5,7,9,11H2,1-2H3,(H,18,19,20). The molecular weight excluding hydrogens is 262 g/mol. The molecule has 0 bridgehead atoms. The minimum atomic E-state index is -0.837. The number of anilines is 1. The summed E-state index contributed by atoms with van der Waals surface area (Å²) in [6.45, 7) is 4.34. The molecule has 1 heterocycles. The van der Waals surface area contributed by atoms with Gasteiger partial charge in [-0.25, -0.2) is 9.97 Å². The van der Waals surface area contributed by atoms with Crippen LogP contribution in [0.1, 0.15) is 35.4 Å². The van der Waals surface area contributed by atoms with E-state index in [1.807, 2.05) is 38.1 Å². The highest BCUT2D eigenvalue weighted by Crippen LogP contribution is 2.35. The van der Waals surface area contributed by atoms with Crippen molar-refractivity contribution in [1.29, 1.82) is 0 Å². The Bertz CT molecular complexity index is 636. The largest absolute Gasteiger partial charge is 0.383 e. The Morgan fingerprint density at radius 2 is 1.90 bits per heavy atom. The number of fused-ring (bicyclic) bond motifs is 1. The van der Waals surface area contributed by atoms with Crippen LogP contribution in [-0.2, 0) is 12.0 Å². The summed E-state index contributed by atoms with van der Waals surface area (Å²) in [5.41, 5.74) is 3.31. The van der Waals surface area contributed by atoms with Crippen molar-refractivity contribution in [2.75, 3.05) is 11.9 Å². The smallest absolute Gasteiger partial charge is 0.223 e. The number of benzene rings is 1. The van der Waals surface area contributed by atoms with Gasteiger partial charge in [0.25, 0.3) is 0 Å². The van der Waals surface area contributed by atoms with Gasteiger partial charge < -0.3 is 10.4 Å². The lowest BCUT2D eigenvalue weighted by Gasteiger charge is -2.34. The third-order valence-corrected chi connectivity index (χ3v) is 4.08. The van der Waals surface area contributed by atoms with E-state index in [0.29, 0.717) is 12.5 Å². The lowest BCUT2D eigenvalue weighted by Crippen LogP contribution is -2.38. The van der Waals surface area contributed by atoms with Crippen molar-refractivity contribution in [1.82, 2.24) is 9.97 Å². The zero-order valence-corrected chi connectivity index (χ0v) is 12.6. The van der Waals surface area contributed by atoms with E-state index in [-0.39, 0.29) is 0 Å². The summed E-state index contributed by atoms with van der Waals surface area (Å²) < 4.78 is 0. The summed E-state index contributed by atoms with van der Waals surface area (Å²) in [6, 6.07) is 10.1. The predicted octanol–water partition coefficient (Wildman–Crippen LogP) is 2.73. The molecule has 2 N–H and O–H groups in total. The second-order valence-corrected chi connectivity index (χ2v) is 5.87. The molecule has 1 atom stereocenters. The average Bonchev–Trinajstić information content (AvgIpc) is 2.45. The number of nitrogens with zero attached hydrogens (tertiary/aromatic N) is 2. The second kappa shape index (κ2) is 5.45. The normalized spacial score (nSPS) is 20.9. The SMILES string of the molecule is Cc1cc(C)nc(NCC2(O)CCCc3ccccc32)n1. The zero-order chi connectivity index (χ0) is 14.9. The van der Waals surface area contributed by atoms with Gasteiger partial charge in [-0.15, -0.1) is 0 Å². The van der Waals surface area contributed by atoms with Gasteiger partial charge in [0.2, 0.25) is 5.95 Å². The summed E-state index contributed by atoms with van der Waals surface area (Å²) in [5.74, 6) is 0.587. The third-order valence-electron chi connectivity index (χ3n) is 4.08. The van der Waals surface area contributed by atoms with Crippen LogP contribution >= 0.6 is 0 Å². The molecule has 21 heavy (non-hydrogen) atoms. The average molecular weight is 283 g/mol. The second-order valence-electron chi connectivity index (χ2n) is 5.87. The highest BCUT2D eigenvalue weighted by atomic mass is 16.3. The molecule has 1 aromatic heterocycles. The van der Waals surface area contributed by atoms with Gasteiger partial charge in [-0.2, -0.15) is 0 Å². The first-order valence-electron chi connectivity index (χ1n) is 7.44. The topological polar surface area (TPSA) is 58.0 Å². The van der Waals surface area contributed by atoms with Crippen molar-refractivity contribution in [2.45, 2.75) is 38.7 Å².